The fourth-order valence-corrected chi connectivity index (χ4v) is 2.78. The molecule has 0 saturated carbocycles. The number of carbonyl (C=O) groups is 2. The van der Waals surface area contributed by atoms with Crippen LogP contribution in [0.1, 0.15) is 23.2 Å². The summed E-state index contributed by atoms with van der Waals surface area (Å²) in [5, 5.41) is 3.03. The van der Waals surface area contributed by atoms with Crippen molar-refractivity contribution >= 4 is 35.0 Å². The molecule has 2 amide bonds. The maximum atomic E-state index is 12.3. The monoisotopic (exact) mass is 315 g/mol. The molecule has 0 bridgehead atoms. The fraction of sp³-hybridized carbons (Fsp3) is 0.462. The van der Waals surface area contributed by atoms with E-state index < -0.39 is 0 Å². The topological polar surface area (TPSA) is 62.3 Å². The highest BCUT2D eigenvalue weighted by Crippen LogP contribution is 2.21. The highest BCUT2D eigenvalue weighted by atomic mass is 35.5. The Labute approximate surface area is 127 Å². The molecule has 7 heteroatoms. The first-order valence-corrected chi connectivity index (χ1v) is 7.11. The Morgan fingerprint density at radius 2 is 1.80 bits per heavy atom. The van der Waals surface area contributed by atoms with Crippen LogP contribution in [0, 0.1) is 5.92 Å². The van der Waals surface area contributed by atoms with Gasteiger partial charge < -0.3 is 10.2 Å². The molecule has 1 fully saturated rings. The third kappa shape index (κ3) is 3.41. The maximum Gasteiger partial charge on any atom is 0.254 e. The highest BCUT2D eigenvalue weighted by Gasteiger charge is 2.27. The van der Waals surface area contributed by atoms with Gasteiger partial charge in [-0.2, -0.15) is 0 Å². The van der Waals surface area contributed by atoms with Crippen LogP contribution in [-0.2, 0) is 4.79 Å². The van der Waals surface area contributed by atoms with Gasteiger partial charge in [0.25, 0.3) is 5.91 Å². The third-order valence-electron chi connectivity index (χ3n) is 3.41. The molecule has 0 spiro atoms. The van der Waals surface area contributed by atoms with Crippen molar-refractivity contribution in [2.75, 3.05) is 20.1 Å². The van der Waals surface area contributed by atoms with Crippen molar-refractivity contribution in [2.24, 2.45) is 5.92 Å². The standard InChI is InChI=1S/C13H15Cl2N3O2/c1-16-12(19)8-2-4-18(5-3-8)13(20)9-6-10(14)17-11(15)7-9/h6-8H,2-5H2,1H3,(H,16,19). The van der Waals surface area contributed by atoms with Gasteiger partial charge in [-0.1, -0.05) is 23.2 Å². The first kappa shape index (κ1) is 15.1. The van der Waals surface area contributed by atoms with Gasteiger partial charge in [-0.3, -0.25) is 9.59 Å². The Kier molecular flexibility index (Phi) is 4.83. The van der Waals surface area contributed by atoms with E-state index in [9.17, 15) is 9.59 Å². The van der Waals surface area contributed by atoms with Crippen molar-refractivity contribution < 1.29 is 9.59 Å². The summed E-state index contributed by atoms with van der Waals surface area (Å²) in [5.74, 6) is -0.118. The smallest absolute Gasteiger partial charge is 0.254 e. The highest BCUT2D eigenvalue weighted by molar-refractivity contribution is 6.33. The second-order valence-corrected chi connectivity index (χ2v) is 5.46. The van der Waals surface area contributed by atoms with Crippen LogP contribution in [0.2, 0.25) is 10.3 Å². The number of halogens is 2. The minimum atomic E-state index is -0.133. The average molecular weight is 316 g/mol. The molecule has 0 aliphatic carbocycles. The predicted octanol–water partition coefficient (Wildman–Crippen LogP) is 1.99. The van der Waals surface area contributed by atoms with Crippen LogP contribution in [0.5, 0.6) is 0 Å². The summed E-state index contributed by atoms with van der Waals surface area (Å²) in [6, 6.07) is 3.00. The molecule has 1 aliphatic rings. The molecule has 0 radical (unpaired) electrons. The van der Waals surface area contributed by atoms with E-state index in [-0.39, 0.29) is 28.0 Å². The number of carbonyl (C=O) groups excluding carboxylic acids is 2. The Bertz CT molecular complexity index is 508. The van der Waals surface area contributed by atoms with E-state index in [0.29, 0.717) is 31.5 Å². The van der Waals surface area contributed by atoms with E-state index >= 15 is 0 Å². The molecule has 0 aromatic carbocycles. The first-order valence-electron chi connectivity index (χ1n) is 6.35. The van der Waals surface area contributed by atoms with E-state index in [2.05, 4.69) is 10.3 Å². The van der Waals surface area contributed by atoms with Crippen molar-refractivity contribution in [1.29, 1.82) is 0 Å². The zero-order chi connectivity index (χ0) is 14.7. The quantitative estimate of drug-likeness (QED) is 0.849. The van der Waals surface area contributed by atoms with Crippen LogP contribution >= 0.6 is 23.2 Å². The van der Waals surface area contributed by atoms with Crippen molar-refractivity contribution in [3.63, 3.8) is 0 Å². The maximum absolute atomic E-state index is 12.3. The van der Waals surface area contributed by atoms with Gasteiger partial charge >= 0.3 is 0 Å². The third-order valence-corrected chi connectivity index (χ3v) is 3.80. The van der Waals surface area contributed by atoms with E-state index in [1.807, 2.05) is 0 Å². The van der Waals surface area contributed by atoms with Crippen LogP contribution in [0.25, 0.3) is 0 Å². The second-order valence-electron chi connectivity index (χ2n) is 4.68. The number of likely N-dealkylation sites (tertiary alicyclic amines) is 1. The summed E-state index contributed by atoms with van der Waals surface area (Å²) in [4.78, 5) is 29.4. The van der Waals surface area contributed by atoms with E-state index in [1.165, 1.54) is 12.1 Å². The zero-order valence-electron chi connectivity index (χ0n) is 11.0. The minimum Gasteiger partial charge on any atom is -0.359 e. The molecule has 0 atom stereocenters. The zero-order valence-corrected chi connectivity index (χ0v) is 12.5. The number of rotatable bonds is 2. The largest absolute Gasteiger partial charge is 0.359 e. The number of nitrogens with one attached hydrogen (secondary N) is 1. The molecule has 5 nitrogen and oxygen atoms in total. The number of hydrogen-bond acceptors (Lipinski definition) is 3. The summed E-state index contributed by atoms with van der Waals surface area (Å²) >= 11 is 11.6. The lowest BCUT2D eigenvalue weighted by molar-refractivity contribution is -0.125. The van der Waals surface area contributed by atoms with Crippen molar-refractivity contribution in [1.82, 2.24) is 15.2 Å². The van der Waals surface area contributed by atoms with Gasteiger partial charge in [0.05, 0.1) is 0 Å². The molecule has 2 rings (SSSR count). The minimum absolute atomic E-state index is 0.0198. The predicted molar refractivity (Wildman–Crippen MR) is 77.0 cm³/mol. The van der Waals surface area contributed by atoms with Crippen LogP contribution in [0.4, 0.5) is 0 Å². The molecule has 1 aromatic heterocycles. The Balaban J connectivity index is 2.03. The van der Waals surface area contributed by atoms with Crippen LogP contribution in [0.15, 0.2) is 12.1 Å². The molecule has 0 unspecified atom stereocenters. The van der Waals surface area contributed by atoms with Crippen molar-refractivity contribution in [3.8, 4) is 0 Å². The summed E-state index contributed by atoms with van der Waals surface area (Å²) in [6.07, 6.45) is 1.33. The lowest BCUT2D eigenvalue weighted by Gasteiger charge is -2.31. The SMILES string of the molecule is CNC(=O)C1CCN(C(=O)c2cc(Cl)nc(Cl)c2)CC1. The van der Waals surface area contributed by atoms with Gasteiger partial charge in [0.1, 0.15) is 10.3 Å². The van der Waals surface area contributed by atoms with Gasteiger partial charge in [0.15, 0.2) is 0 Å². The Morgan fingerprint density at radius 3 is 2.30 bits per heavy atom. The Hall–Kier alpha value is -1.33. The number of aromatic nitrogens is 1. The van der Waals surface area contributed by atoms with Gasteiger partial charge in [-0.05, 0) is 25.0 Å². The summed E-state index contributed by atoms with van der Waals surface area (Å²) in [7, 11) is 1.63. The number of pyridine rings is 1. The molecule has 1 saturated heterocycles. The summed E-state index contributed by atoms with van der Waals surface area (Å²) in [5.41, 5.74) is 0.424. The number of hydrogen-bond donors (Lipinski definition) is 1. The van der Waals surface area contributed by atoms with E-state index in [1.54, 1.807) is 11.9 Å². The lowest BCUT2D eigenvalue weighted by atomic mass is 9.95. The van der Waals surface area contributed by atoms with Gasteiger partial charge in [-0.15, -0.1) is 0 Å². The summed E-state index contributed by atoms with van der Waals surface area (Å²) < 4.78 is 0. The molecule has 108 valence electrons. The van der Waals surface area contributed by atoms with Gasteiger partial charge in [-0.25, -0.2) is 4.98 Å². The van der Waals surface area contributed by atoms with Crippen molar-refractivity contribution in [2.45, 2.75) is 12.8 Å². The van der Waals surface area contributed by atoms with E-state index in [4.69, 9.17) is 23.2 Å². The average Bonchev–Trinajstić information content (AvgIpc) is 2.45. The van der Waals surface area contributed by atoms with Gasteiger partial charge in [0, 0.05) is 31.6 Å². The normalized spacial score (nSPS) is 16.1. The number of nitrogens with zero attached hydrogens (tertiary/aromatic N) is 2. The fourth-order valence-electron chi connectivity index (χ4n) is 2.32. The van der Waals surface area contributed by atoms with Gasteiger partial charge in [0.2, 0.25) is 5.91 Å². The lowest BCUT2D eigenvalue weighted by Crippen LogP contribution is -2.42. The van der Waals surface area contributed by atoms with Crippen molar-refractivity contribution in [3.05, 3.63) is 28.0 Å². The molecule has 1 aliphatic heterocycles. The Morgan fingerprint density at radius 1 is 1.25 bits per heavy atom. The molecule has 2 heterocycles. The molecule has 20 heavy (non-hydrogen) atoms. The van der Waals surface area contributed by atoms with E-state index in [0.717, 1.165) is 0 Å². The molecule has 1 N–H and O–H groups in total. The van der Waals surface area contributed by atoms with Crippen LogP contribution in [0.3, 0.4) is 0 Å². The molecular weight excluding hydrogens is 301 g/mol. The summed E-state index contributed by atoms with van der Waals surface area (Å²) in [6.45, 7) is 1.10. The molecule has 1 aromatic rings. The number of amides is 2. The van der Waals surface area contributed by atoms with Crippen LogP contribution < -0.4 is 5.32 Å². The number of piperidine rings is 1. The van der Waals surface area contributed by atoms with Crippen LogP contribution in [-0.4, -0.2) is 41.8 Å². The molecular formula is C13H15Cl2N3O2. The second kappa shape index (κ2) is 6.41. The first-order chi connectivity index (χ1) is 9.51.